The highest BCUT2D eigenvalue weighted by Crippen LogP contribution is 2.24. The third-order valence-electron chi connectivity index (χ3n) is 3.82. The topological polar surface area (TPSA) is 52.8 Å². The van der Waals surface area contributed by atoms with Crippen LogP contribution in [0.4, 0.5) is 0 Å². The van der Waals surface area contributed by atoms with Gasteiger partial charge in [0.2, 0.25) is 5.88 Å². The Hall–Kier alpha value is -1.93. The van der Waals surface area contributed by atoms with Crippen molar-refractivity contribution in [1.29, 1.82) is 0 Å². The molecule has 4 aromatic rings. The van der Waals surface area contributed by atoms with Gasteiger partial charge in [0.25, 0.3) is 0 Å². The summed E-state index contributed by atoms with van der Waals surface area (Å²) in [5.74, 6) is 0.589. The molecule has 0 saturated heterocycles. The monoisotopic (exact) mass is 450 g/mol. The van der Waals surface area contributed by atoms with E-state index in [0.29, 0.717) is 17.4 Å². The van der Waals surface area contributed by atoms with Crippen LogP contribution in [-0.4, -0.2) is 26.9 Å². The Morgan fingerprint density at radius 1 is 1.17 bits per heavy atom. The highest BCUT2D eigenvalue weighted by Gasteiger charge is 2.11. The number of ether oxygens (including phenoxy) is 1. The van der Waals surface area contributed by atoms with E-state index in [4.69, 9.17) is 16.3 Å². The van der Waals surface area contributed by atoms with E-state index in [1.807, 2.05) is 22.9 Å². The number of benzene rings is 1. The van der Waals surface area contributed by atoms with Gasteiger partial charge >= 0.3 is 0 Å². The predicted molar refractivity (Wildman–Crippen MR) is 103 cm³/mol. The molecule has 120 valence electrons. The quantitative estimate of drug-likeness (QED) is 0.437. The SMILES string of the molecule is COc1cc2c(I)nn(Cc3ccc4ncc(Cl)cc4c3)c2cn1. The Labute approximate surface area is 156 Å². The zero-order valence-corrected chi connectivity index (χ0v) is 15.6. The summed E-state index contributed by atoms with van der Waals surface area (Å²) in [7, 11) is 1.61. The van der Waals surface area contributed by atoms with Crippen LogP contribution in [-0.2, 0) is 6.54 Å². The molecule has 0 saturated carbocycles. The second kappa shape index (κ2) is 6.18. The van der Waals surface area contributed by atoms with Crippen molar-refractivity contribution in [3.05, 3.63) is 57.0 Å². The highest BCUT2D eigenvalue weighted by atomic mass is 127. The molecule has 0 spiro atoms. The number of halogens is 2. The molecule has 0 aliphatic carbocycles. The van der Waals surface area contributed by atoms with Gasteiger partial charge in [-0.1, -0.05) is 17.7 Å². The highest BCUT2D eigenvalue weighted by molar-refractivity contribution is 14.1. The van der Waals surface area contributed by atoms with Crippen LogP contribution in [0.2, 0.25) is 5.02 Å². The van der Waals surface area contributed by atoms with Crippen LogP contribution in [0.1, 0.15) is 5.56 Å². The van der Waals surface area contributed by atoms with Gasteiger partial charge in [0, 0.05) is 23.0 Å². The van der Waals surface area contributed by atoms with E-state index in [9.17, 15) is 0 Å². The maximum Gasteiger partial charge on any atom is 0.213 e. The largest absolute Gasteiger partial charge is 0.481 e. The molecule has 5 nitrogen and oxygen atoms in total. The summed E-state index contributed by atoms with van der Waals surface area (Å²) in [5.41, 5.74) is 3.03. The Balaban J connectivity index is 1.76. The first-order valence-corrected chi connectivity index (χ1v) is 8.70. The molecule has 3 heterocycles. The minimum absolute atomic E-state index is 0.589. The Bertz CT molecular complexity index is 1060. The number of rotatable bonds is 3. The van der Waals surface area contributed by atoms with Gasteiger partial charge in [-0.15, -0.1) is 0 Å². The predicted octanol–water partition coefficient (Wildman–Crippen LogP) is 4.29. The van der Waals surface area contributed by atoms with Crippen LogP contribution in [0.15, 0.2) is 42.7 Å². The minimum atomic E-state index is 0.589. The molecule has 0 amide bonds. The first-order valence-electron chi connectivity index (χ1n) is 7.24. The van der Waals surface area contributed by atoms with Gasteiger partial charge in [0.05, 0.1) is 35.9 Å². The van der Waals surface area contributed by atoms with E-state index >= 15 is 0 Å². The van der Waals surface area contributed by atoms with Crippen molar-refractivity contribution in [3.63, 3.8) is 0 Å². The number of aromatic nitrogens is 4. The normalized spacial score (nSPS) is 11.3. The molecule has 1 aromatic carbocycles. The van der Waals surface area contributed by atoms with Crippen molar-refractivity contribution in [1.82, 2.24) is 19.7 Å². The molecule has 0 N–H and O–H groups in total. The average Bonchev–Trinajstić information content (AvgIpc) is 2.90. The van der Waals surface area contributed by atoms with Crippen LogP contribution >= 0.6 is 34.2 Å². The fourth-order valence-corrected chi connectivity index (χ4v) is 3.53. The molecule has 4 rings (SSSR count). The van der Waals surface area contributed by atoms with Gasteiger partial charge in [-0.05, 0) is 46.4 Å². The summed E-state index contributed by atoms with van der Waals surface area (Å²) in [6, 6.07) is 9.97. The number of pyridine rings is 2. The molecule has 0 aliphatic heterocycles. The van der Waals surface area contributed by atoms with Crippen molar-refractivity contribution in [2.24, 2.45) is 0 Å². The third-order valence-corrected chi connectivity index (χ3v) is 4.82. The molecule has 0 fully saturated rings. The molecule has 24 heavy (non-hydrogen) atoms. The van der Waals surface area contributed by atoms with Gasteiger partial charge in [-0.2, -0.15) is 5.10 Å². The summed E-state index contributed by atoms with van der Waals surface area (Å²) in [4.78, 5) is 8.61. The average molecular weight is 451 g/mol. The van der Waals surface area contributed by atoms with Gasteiger partial charge in [-0.3, -0.25) is 9.67 Å². The molecular formula is C17H12ClIN4O. The molecule has 0 atom stereocenters. The van der Waals surface area contributed by atoms with E-state index < -0.39 is 0 Å². The first-order chi connectivity index (χ1) is 11.6. The number of methoxy groups -OCH3 is 1. The first kappa shape index (κ1) is 15.6. The van der Waals surface area contributed by atoms with Crippen LogP contribution in [0, 0.1) is 3.70 Å². The van der Waals surface area contributed by atoms with Crippen LogP contribution in [0.3, 0.4) is 0 Å². The summed E-state index contributed by atoms with van der Waals surface area (Å²) in [6.45, 7) is 0.649. The lowest BCUT2D eigenvalue weighted by Gasteiger charge is -2.06. The minimum Gasteiger partial charge on any atom is -0.481 e. The lowest BCUT2D eigenvalue weighted by molar-refractivity contribution is 0.398. The number of fused-ring (bicyclic) bond motifs is 2. The summed E-state index contributed by atoms with van der Waals surface area (Å²) in [6.07, 6.45) is 3.45. The van der Waals surface area contributed by atoms with Crippen molar-refractivity contribution in [2.75, 3.05) is 7.11 Å². The molecule has 0 aliphatic rings. The van der Waals surface area contributed by atoms with Crippen LogP contribution < -0.4 is 4.74 Å². The van der Waals surface area contributed by atoms with Gasteiger partial charge in [-0.25, -0.2) is 4.98 Å². The van der Waals surface area contributed by atoms with Gasteiger partial charge < -0.3 is 4.74 Å². The van der Waals surface area contributed by atoms with E-state index in [-0.39, 0.29) is 0 Å². The van der Waals surface area contributed by atoms with Crippen LogP contribution in [0.25, 0.3) is 21.8 Å². The smallest absolute Gasteiger partial charge is 0.213 e. The summed E-state index contributed by atoms with van der Waals surface area (Å²) >= 11 is 8.27. The molecule has 0 radical (unpaired) electrons. The Kier molecular flexibility index (Phi) is 4.01. The molecule has 0 bridgehead atoms. The second-order valence-corrected chi connectivity index (χ2v) is 6.83. The van der Waals surface area contributed by atoms with Crippen molar-refractivity contribution in [2.45, 2.75) is 6.54 Å². The fraction of sp³-hybridized carbons (Fsp3) is 0.118. The lowest BCUT2D eigenvalue weighted by atomic mass is 10.1. The molecule has 3 aromatic heterocycles. The van der Waals surface area contributed by atoms with Gasteiger partial charge in [0.15, 0.2) is 0 Å². The van der Waals surface area contributed by atoms with Crippen molar-refractivity contribution < 1.29 is 4.74 Å². The number of nitrogens with zero attached hydrogens (tertiary/aromatic N) is 4. The number of hydrogen-bond donors (Lipinski definition) is 0. The fourth-order valence-electron chi connectivity index (χ4n) is 2.67. The van der Waals surface area contributed by atoms with Gasteiger partial charge in [0.1, 0.15) is 3.70 Å². The number of hydrogen-bond acceptors (Lipinski definition) is 4. The van der Waals surface area contributed by atoms with E-state index in [0.717, 1.165) is 31.1 Å². The standard InChI is InChI=1S/C17H12ClIN4O/c1-24-16-6-13-15(8-21-16)23(22-17(13)19)9-10-2-3-14-11(4-10)5-12(18)7-20-14/h2-8H,9H2,1H3. The van der Waals surface area contributed by atoms with Crippen molar-refractivity contribution >= 4 is 56.0 Å². The van der Waals surface area contributed by atoms with Crippen LogP contribution in [0.5, 0.6) is 5.88 Å². The maximum absolute atomic E-state index is 6.04. The molecule has 7 heteroatoms. The zero-order chi connectivity index (χ0) is 16.7. The summed E-state index contributed by atoms with van der Waals surface area (Å²) < 4.78 is 8.07. The van der Waals surface area contributed by atoms with E-state index in [1.165, 1.54) is 0 Å². The maximum atomic E-state index is 6.04. The Morgan fingerprint density at radius 3 is 2.88 bits per heavy atom. The lowest BCUT2D eigenvalue weighted by Crippen LogP contribution is -2.02. The Morgan fingerprint density at radius 2 is 2.04 bits per heavy atom. The third kappa shape index (κ3) is 2.80. The zero-order valence-electron chi connectivity index (χ0n) is 12.7. The second-order valence-electron chi connectivity index (χ2n) is 5.37. The molecule has 0 unspecified atom stereocenters. The molecular weight excluding hydrogens is 439 g/mol. The van der Waals surface area contributed by atoms with E-state index in [1.54, 1.807) is 19.5 Å². The summed E-state index contributed by atoms with van der Waals surface area (Å²) in [5, 5.41) is 7.31. The van der Waals surface area contributed by atoms with Crippen molar-refractivity contribution in [3.8, 4) is 5.88 Å². The van der Waals surface area contributed by atoms with E-state index in [2.05, 4.69) is 49.8 Å².